The van der Waals surface area contributed by atoms with E-state index >= 15 is 0 Å². The van der Waals surface area contributed by atoms with E-state index in [0.717, 1.165) is 57.7 Å². The molecule has 8 heteroatoms. The third-order valence-corrected chi connectivity index (χ3v) is 6.86. The van der Waals surface area contributed by atoms with Crippen molar-refractivity contribution in [3.63, 3.8) is 0 Å². The van der Waals surface area contributed by atoms with Gasteiger partial charge in [0.25, 0.3) is 0 Å². The van der Waals surface area contributed by atoms with Crippen molar-refractivity contribution in [2.75, 3.05) is 32.7 Å². The summed E-state index contributed by atoms with van der Waals surface area (Å²) in [6.07, 6.45) is 3.29. The molecule has 1 aromatic rings. The van der Waals surface area contributed by atoms with Crippen molar-refractivity contribution in [2.24, 2.45) is 17.6 Å². The maximum atomic E-state index is 12.8. The Morgan fingerprint density at radius 3 is 2.44 bits per heavy atom. The molecule has 0 unspecified atom stereocenters. The number of hydrogen-bond acceptors (Lipinski definition) is 5. The van der Waals surface area contributed by atoms with Crippen LogP contribution >= 0.6 is 36.2 Å². The lowest BCUT2D eigenvalue weighted by Gasteiger charge is -2.36. The molecule has 156 valence electrons. The van der Waals surface area contributed by atoms with Gasteiger partial charge in [-0.3, -0.25) is 9.69 Å². The van der Waals surface area contributed by atoms with Gasteiger partial charge in [0.2, 0.25) is 5.91 Å². The van der Waals surface area contributed by atoms with Gasteiger partial charge >= 0.3 is 0 Å². The van der Waals surface area contributed by atoms with Crippen LogP contribution in [0.5, 0.6) is 0 Å². The normalized spacial score (nSPS) is 23.6. The minimum Gasteiger partial charge on any atom is -0.340 e. The fraction of sp³-hybridized carbons (Fsp3) is 0.789. The van der Waals surface area contributed by atoms with Crippen LogP contribution in [0.1, 0.15) is 50.7 Å². The first-order valence-electron chi connectivity index (χ1n) is 9.54. The van der Waals surface area contributed by atoms with Crippen molar-refractivity contribution in [3.05, 3.63) is 16.1 Å². The van der Waals surface area contributed by atoms with E-state index in [1.165, 1.54) is 5.01 Å². The number of rotatable bonds is 4. The molecule has 0 bridgehead atoms. The largest absolute Gasteiger partial charge is 0.340 e. The van der Waals surface area contributed by atoms with Gasteiger partial charge in [-0.05, 0) is 25.3 Å². The van der Waals surface area contributed by atoms with Gasteiger partial charge in [-0.2, -0.15) is 0 Å². The second-order valence-corrected chi connectivity index (χ2v) is 9.39. The minimum absolute atomic E-state index is 0. The molecule has 2 fully saturated rings. The topological polar surface area (TPSA) is 62.5 Å². The van der Waals surface area contributed by atoms with Gasteiger partial charge in [-0.1, -0.05) is 27.2 Å². The number of nitrogens with zero attached hydrogens (tertiary/aromatic N) is 3. The van der Waals surface area contributed by atoms with Crippen LogP contribution in [0.2, 0.25) is 0 Å². The first kappa shape index (κ1) is 24.6. The third kappa shape index (κ3) is 6.04. The molecule has 5 nitrogen and oxygen atoms in total. The van der Waals surface area contributed by atoms with E-state index < -0.39 is 0 Å². The molecule has 1 amide bonds. The smallest absolute Gasteiger partial charge is 0.226 e. The van der Waals surface area contributed by atoms with Crippen molar-refractivity contribution in [1.29, 1.82) is 0 Å². The van der Waals surface area contributed by atoms with E-state index in [-0.39, 0.29) is 36.1 Å². The van der Waals surface area contributed by atoms with Crippen molar-refractivity contribution in [2.45, 2.75) is 52.0 Å². The van der Waals surface area contributed by atoms with Gasteiger partial charge in [0.05, 0.1) is 10.7 Å². The predicted octanol–water partition coefficient (Wildman–Crippen LogP) is 3.30. The van der Waals surface area contributed by atoms with Crippen LogP contribution in [-0.4, -0.2) is 53.4 Å². The van der Waals surface area contributed by atoms with Gasteiger partial charge in [-0.25, -0.2) is 4.98 Å². The first-order valence-corrected chi connectivity index (χ1v) is 10.4. The molecular weight excluding hydrogens is 403 g/mol. The van der Waals surface area contributed by atoms with Crippen LogP contribution in [-0.2, 0) is 16.8 Å². The van der Waals surface area contributed by atoms with E-state index in [1.54, 1.807) is 11.3 Å². The Hall–Kier alpha value is -0.400. The van der Waals surface area contributed by atoms with E-state index in [2.05, 4.69) is 36.0 Å². The highest BCUT2D eigenvalue weighted by molar-refractivity contribution is 7.09. The molecule has 0 spiro atoms. The van der Waals surface area contributed by atoms with E-state index in [4.69, 9.17) is 10.7 Å². The summed E-state index contributed by atoms with van der Waals surface area (Å²) in [5.41, 5.74) is 7.13. The minimum atomic E-state index is 0. The Labute approximate surface area is 179 Å². The number of piperazine rings is 1. The van der Waals surface area contributed by atoms with Crippen LogP contribution in [0.4, 0.5) is 0 Å². The average molecular weight is 437 g/mol. The van der Waals surface area contributed by atoms with Gasteiger partial charge in [0.15, 0.2) is 0 Å². The molecule has 1 aliphatic carbocycles. The summed E-state index contributed by atoms with van der Waals surface area (Å²) in [6.45, 7) is 11.7. The van der Waals surface area contributed by atoms with Crippen LogP contribution in [0.3, 0.4) is 0 Å². The number of thiazole rings is 1. The maximum absolute atomic E-state index is 12.8. The second-order valence-electron chi connectivity index (χ2n) is 8.53. The van der Waals surface area contributed by atoms with E-state index in [0.29, 0.717) is 18.4 Å². The van der Waals surface area contributed by atoms with Crippen molar-refractivity contribution in [3.8, 4) is 0 Å². The quantitative estimate of drug-likeness (QED) is 0.785. The highest BCUT2D eigenvalue weighted by Gasteiger charge is 2.35. The Morgan fingerprint density at radius 2 is 1.89 bits per heavy atom. The SMILES string of the molecule is CC(C)(C)c1nc(CN2CCN(C(=O)[C@@H]3CCC[C@@H]3CN)CC2)cs1.Cl.Cl. The summed E-state index contributed by atoms with van der Waals surface area (Å²) < 4.78 is 0. The zero-order valence-electron chi connectivity index (χ0n) is 16.6. The molecule has 27 heavy (non-hydrogen) atoms. The lowest BCUT2D eigenvalue weighted by atomic mass is 9.94. The average Bonchev–Trinajstić information content (AvgIpc) is 3.23. The van der Waals surface area contributed by atoms with Gasteiger partial charge in [-0.15, -0.1) is 36.2 Å². The number of carbonyl (C=O) groups excluding carboxylic acids is 1. The van der Waals surface area contributed by atoms with Crippen molar-refractivity contribution >= 4 is 42.1 Å². The third-order valence-electron chi connectivity index (χ3n) is 5.54. The standard InChI is InChI=1S/C19H32N4OS.2ClH/c1-19(2,3)18-21-15(13-25-18)12-22-7-9-23(10-8-22)17(24)16-6-4-5-14(16)11-20;;/h13-14,16H,4-12,20H2,1-3H3;2*1H/t14-,16-;;/m1../s1. The molecule has 2 N–H and O–H groups in total. The molecule has 0 aromatic carbocycles. The molecule has 1 saturated heterocycles. The van der Waals surface area contributed by atoms with Crippen molar-refractivity contribution < 1.29 is 4.79 Å². The molecule has 0 radical (unpaired) electrons. The summed E-state index contributed by atoms with van der Waals surface area (Å²) in [5.74, 6) is 0.914. The lowest BCUT2D eigenvalue weighted by Crippen LogP contribution is -2.50. The number of aromatic nitrogens is 1. The van der Waals surface area contributed by atoms with E-state index in [1.807, 2.05) is 0 Å². The predicted molar refractivity (Wildman–Crippen MR) is 117 cm³/mol. The Bertz CT molecular complexity index is 597. The lowest BCUT2D eigenvalue weighted by molar-refractivity contribution is -0.138. The highest BCUT2D eigenvalue weighted by atomic mass is 35.5. The molecule has 1 saturated carbocycles. The fourth-order valence-corrected chi connectivity index (χ4v) is 4.86. The van der Waals surface area contributed by atoms with Gasteiger partial charge in [0, 0.05) is 49.4 Å². The monoisotopic (exact) mass is 436 g/mol. The maximum Gasteiger partial charge on any atom is 0.226 e. The number of halogens is 2. The summed E-state index contributed by atoms with van der Waals surface area (Å²) in [5, 5.41) is 3.38. The molecule has 2 aliphatic rings. The number of nitrogens with two attached hydrogens (primary N) is 1. The van der Waals surface area contributed by atoms with Crippen LogP contribution in [0.15, 0.2) is 5.38 Å². The molecule has 1 aliphatic heterocycles. The summed E-state index contributed by atoms with van der Waals surface area (Å²) >= 11 is 1.76. The number of carbonyl (C=O) groups is 1. The Morgan fingerprint density at radius 1 is 1.22 bits per heavy atom. The zero-order chi connectivity index (χ0) is 18.0. The van der Waals surface area contributed by atoms with Crippen LogP contribution < -0.4 is 5.73 Å². The Balaban J connectivity index is 0.00000182. The van der Waals surface area contributed by atoms with Crippen molar-refractivity contribution in [1.82, 2.24) is 14.8 Å². The molecular formula is C19H34Cl2N4OS. The van der Waals surface area contributed by atoms with E-state index in [9.17, 15) is 4.79 Å². The molecule has 2 atom stereocenters. The summed E-state index contributed by atoms with van der Waals surface area (Å²) in [6, 6.07) is 0. The van der Waals surface area contributed by atoms with Gasteiger partial charge < -0.3 is 10.6 Å². The van der Waals surface area contributed by atoms with Gasteiger partial charge in [0.1, 0.15) is 0 Å². The Kier molecular flexibility index (Phi) is 9.49. The summed E-state index contributed by atoms with van der Waals surface area (Å²) in [4.78, 5) is 22.1. The zero-order valence-corrected chi connectivity index (χ0v) is 19.1. The second kappa shape index (κ2) is 10.4. The summed E-state index contributed by atoms with van der Waals surface area (Å²) in [7, 11) is 0. The highest BCUT2D eigenvalue weighted by Crippen LogP contribution is 2.32. The molecule has 1 aromatic heterocycles. The number of hydrogen-bond donors (Lipinski definition) is 1. The fourth-order valence-electron chi connectivity index (χ4n) is 3.96. The first-order chi connectivity index (χ1) is 11.9. The van der Waals surface area contributed by atoms with Crippen LogP contribution in [0, 0.1) is 11.8 Å². The molecule has 3 rings (SSSR count). The number of amides is 1. The molecule has 2 heterocycles. The van der Waals surface area contributed by atoms with Crippen LogP contribution in [0.25, 0.3) is 0 Å².